The summed E-state index contributed by atoms with van der Waals surface area (Å²) in [6, 6.07) is 7.33. The Morgan fingerprint density at radius 2 is 1.92 bits per heavy atom. The summed E-state index contributed by atoms with van der Waals surface area (Å²) in [6.07, 6.45) is 3.81. The first-order chi connectivity index (χ1) is 12.6. The van der Waals surface area contributed by atoms with Crippen molar-refractivity contribution in [2.75, 3.05) is 19.6 Å². The number of aryl methyl sites for hydroxylation is 1. The predicted octanol–water partition coefficient (Wildman–Crippen LogP) is 2.82. The number of hydrogen-bond donors (Lipinski definition) is 0. The first-order valence-electron chi connectivity index (χ1n) is 9.35. The van der Waals surface area contributed by atoms with Crippen LogP contribution in [0.1, 0.15) is 40.4 Å². The summed E-state index contributed by atoms with van der Waals surface area (Å²) in [5.41, 5.74) is 1.67. The highest BCUT2D eigenvalue weighted by Gasteiger charge is 2.54. The number of fused-ring (bicyclic) bond motifs is 2. The van der Waals surface area contributed by atoms with E-state index >= 15 is 0 Å². The molecule has 5 nitrogen and oxygen atoms in total. The molecule has 5 heterocycles. The van der Waals surface area contributed by atoms with Gasteiger partial charge >= 0.3 is 0 Å². The Bertz CT molecular complexity index is 826. The zero-order chi connectivity index (χ0) is 17.8. The highest BCUT2D eigenvalue weighted by molar-refractivity contribution is 5.95. The molecule has 1 amide bonds. The average Bonchev–Trinajstić information content (AvgIpc) is 3.28. The van der Waals surface area contributed by atoms with E-state index in [1.165, 1.54) is 18.3 Å². The molecule has 0 saturated carbocycles. The number of carbonyl (C=O) groups is 1. The first-order valence-corrected chi connectivity index (χ1v) is 9.35. The molecule has 0 radical (unpaired) electrons. The van der Waals surface area contributed by atoms with Crippen molar-refractivity contribution < 1.29 is 13.7 Å². The largest absolute Gasteiger partial charge is 0.361 e. The second kappa shape index (κ2) is 5.91. The van der Waals surface area contributed by atoms with Gasteiger partial charge in [-0.15, -0.1) is 0 Å². The van der Waals surface area contributed by atoms with E-state index in [0.717, 1.165) is 31.5 Å². The minimum Gasteiger partial charge on any atom is -0.361 e. The standard InChI is InChI=1S/C20H22FN3O2/c1-12-16(10-22-26-12)20(25)24-11-17(13-2-4-15(21)5-3-13)19-18(24)14-6-8-23(19)9-7-14/h2-5,10,14,17-19H,6-9,11H2,1H3/t17-,18+,19+/m0/s1. The molecule has 2 bridgehead atoms. The molecule has 4 fully saturated rings. The second-order valence-corrected chi connectivity index (χ2v) is 7.77. The number of rotatable bonds is 2. The van der Waals surface area contributed by atoms with Crippen LogP contribution in [0.15, 0.2) is 35.0 Å². The molecule has 6 rings (SSSR count). The zero-order valence-electron chi connectivity index (χ0n) is 14.8. The molecule has 4 aliphatic heterocycles. The van der Waals surface area contributed by atoms with Gasteiger partial charge in [-0.05, 0) is 56.5 Å². The maximum absolute atomic E-state index is 13.4. The van der Waals surface area contributed by atoms with Gasteiger partial charge in [0.25, 0.3) is 5.91 Å². The van der Waals surface area contributed by atoms with Crippen LogP contribution in [-0.2, 0) is 0 Å². The van der Waals surface area contributed by atoms with E-state index in [-0.39, 0.29) is 23.7 Å². The van der Waals surface area contributed by atoms with Gasteiger partial charge < -0.3 is 9.42 Å². The summed E-state index contributed by atoms with van der Waals surface area (Å²) in [4.78, 5) is 17.8. The summed E-state index contributed by atoms with van der Waals surface area (Å²) in [7, 11) is 0. The average molecular weight is 355 g/mol. The molecule has 0 unspecified atom stereocenters. The van der Waals surface area contributed by atoms with Gasteiger partial charge in [0, 0.05) is 18.5 Å². The fourth-order valence-electron chi connectivity index (χ4n) is 5.32. The van der Waals surface area contributed by atoms with Crippen LogP contribution in [0.25, 0.3) is 0 Å². The van der Waals surface area contributed by atoms with Crippen LogP contribution in [-0.4, -0.2) is 52.6 Å². The Kier molecular flexibility index (Phi) is 3.64. The van der Waals surface area contributed by atoms with Crippen molar-refractivity contribution in [3.05, 3.63) is 53.2 Å². The number of benzene rings is 1. The zero-order valence-corrected chi connectivity index (χ0v) is 14.8. The summed E-state index contributed by atoms with van der Waals surface area (Å²) in [5, 5.41) is 3.78. The van der Waals surface area contributed by atoms with Crippen molar-refractivity contribution >= 4 is 5.91 Å². The van der Waals surface area contributed by atoms with Crippen LogP contribution in [0.2, 0.25) is 0 Å². The van der Waals surface area contributed by atoms with Gasteiger partial charge in [-0.2, -0.15) is 0 Å². The molecule has 2 aromatic rings. The van der Waals surface area contributed by atoms with Crippen molar-refractivity contribution in [3.8, 4) is 0 Å². The van der Waals surface area contributed by atoms with E-state index in [2.05, 4.69) is 10.1 Å². The van der Waals surface area contributed by atoms with E-state index in [1.807, 2.05) is 17.0 Å². The van der Waals surface area contributed by atoms with Crippen molar-refractivity contribution in [3.63, 3.8) is 0 Å². The number of piperidine rings is 3. The highest BCUT2D eigenvalue weighted by atomic mass is 19.1. The van der Waals surface area contributed by atoms with Crippen LogP contribution in [0.5, 0.6) is 0 Å². The molecule has 4 aliphatic rings. The Balaban J connectivity index is 1.53. The molecule has 0 N–H and O–H groups in total. The smallest absolute Gasteiger partial charge is 0.259 e. The maximum Gasteiger partial charge on any atom is 0.259 e. The summed E-state index contributed by atoms with van der Waals surface area (Å²) < 4.78 is 18.5. The molecule has 3 atom stereocenters. The third-order valence-electron chi connectivity index (χ3n) is 6.53. The Hall–Kier alpha value is -2.21. The minimum absolute atomic E-state index is 0.0112. The molecule has 0 spiro atoms. The van der Waals surface area contributed by atoms with Crippen molar-refractivity contribution in [1.82, 2.24) is 15.0 Å². The van der Waals surface area contributed by atoms with E-state index < -0.39 is 0 Å². The number of likely N-dealkylation sites (tertiary alicyclic amines) is 1. The van der Waals surface area contributed by atoms with Gasteiger partial charge in [-0.3, -0.25) is 9.69 Å². The maximum atomic E-state index is 13.4. The summed E-state index contributed by atoms with van der Waals surface area (Å²) >= 11 is 0. The summed E-state index contributed by atoms with van der Waals surface area (Å²) in [5.74, 6) is 1.12. The fraction of sp³-hybridized carbons (Fsp3) is 0.500. The van der Waals surface area contributed by atoms with Crippen LogP contribution in [0.3, 0.4) is 0 Å². The van der Waals surface area contributed by atoms with Crippen molar-refractivity contribution in [2.24, 2.45) is 5.92 Å². The van der Waals surface area contributed by atoms with E-state index in [0.29, 0.717) is 29.8 Å². The third kappa shape index (κ3) is 2.31. The molecular formula is C20H22FN3O2. The molecule has 26 heavy (non-hydrogen) atoms. The molecule has 4 saturated heterocycles. The third-order valence-corrected chi connectivity index (χ3v) is 6.53. The van der Waals surface area contributed by atoms with Crippen molar-refractivity contribution in [2.45, 2.75) is 37.8 Å². The molecular weight excluding hydrogens is 333 g/mol. The number of amides is 1. The number of nitrogens with zero attached hydrogens (tertiary/aromatic N) is 3. The number of halogens is 1. The lowest BCUT2D eigenvalue weighted by Gasteiger charge is -2.51. The van der Waals surface area contributed by atoms with Crippen molar-refractivity contribution in [1.29, 1.82) is 0 Å². The van der Waals surface area contributed by atoms with Crippen LogP contribution >= 0.6 is 0 Å². The Morgan fingerprint density at radius 1 is 1.19 bits per heavy atom. The molecule has 0 aliphatic carbocycles. The minimum atomic E-state index is -0.221. The summed E-state index contributed by atoms with van der Waals surface area (Å²) in [6.45, 7) is 4.63. The van der Waals surface area contributed by atoms with Gasteiger partial charge in [-0.25, -0.2) is 4.39 Å². The topological polar surface area (TPSA) is 49.6 Å². The van der Waals surface area contributed by atoms with E-state index in [9.17, 15) is 9.18 Å². The highest BCUT2D eigenvalue weighted by Crippen LogP contribution is 2.47. The number of hydrogen-bond acceptors (Lipinski definition) is 4. The van der Waals surface area contributed by atoms with Crippen LogP contribution in [0.4, 0.5) is 4.39 Å². The Labute approximate surface area is 151 Å². The van der Waals surface area contributed by atoms with E-state index in [1.54, 1.807) is 6.92 Å². The van der Waals surface area contributed by atoms with Gasteiger partial charge in [0.1, 0.15) is 17.1 Å². The Morgan fingerprint density at radius 3 is 2.58 bits per heavy atom. The predicted molar refractivity (Wildman–Crippen MR) is 93.3 cm³/mol. The fourth-order valence-corrected chi connectivity index (χ4v) is 5.32. The van der Waals surface area contributed by atoms with Gasteiger partial charge in [0.05, 0.1) is 12.2 Å². The van der Waals surface area contributed by atoms with Gasteiger partial charge in [-0.1, -0.05) is 17.3 Å². The lowest BCUT2D eigenvalue weighted by Crippen LogP contribution is -2.60. The number of aromatic nitrogens is 1. The molecule has 136 valence electrons. The number of carbonyl (C=O) groups excluding carboxylic acids is 1. The van der Waals surface area contributed by atoms with Gasteiger partial charge in [0.15, 0.2) is 0 Å². The quantitative estimate of drug-likeness (QED) is 0.831. The normalized spacial score (nSPS) is 32.7. The molecule has 1 aromatic carbocycles. The molecule has 6 heteroatoms. The molecule has 1 aromatic heterocycles. The van der Waals surface area contributed by atoms with Crippen LogP contribution < -0.4 is 0 Å². The van der Waals surface area contributed by atoms with E-state index in [4.69, 9.17) is 4.52 Å². The van der Waals surface area contributed by atoms with Crippen LogP contribution in [0, 0.1) is 18.7 Å². The van der Waals surface area contributed by atoms with Gasteiger partial charge in [0.2, 0.25) is 0 Å². The first kappa shape index (κ1) is 16.0. The lowest BCUT2D eigenvalue weighted by atomic mass is 9.75. The SMILES string of the molecule is Cc1oncc1C(=O)N1C[C@@H](c2ccc(F)cc2)[C@@H]2[C@H]1C1CCN2CC1. The monoisotopic (exact) mass is 355 g/mol. The lowest BCUT2D eigenvalue weighted by molar-refractivity contribution is -0.00345. The second-order valence-electron chi connectivity index (χ2n) is 7.77.